The second-order valence-corrected chi connectivity index (χ2v) is 7.60. The normalized spacial score (nSPS) is 11.0. The number of Topliss-reactive ketones (excluding diaryl/α,β-unsaturated/α-hetero) is 1. The van der Waals surface area contributed by atoms with Gasteiger partial charge in [-0.2, -0.15) is 0 Å². The highest BCUT2D eigenvalue weighted by atomic mass is 32.2. The number of carbonyl (C=O) groups excluding carboxylic acids is 1. The van der Waals surface area contributed by atoms with E-state index in [9.17, 15) is 9.59 Å². The maximum atomic E-state index is 12.6. The summed E-state index contributed by atoms with van der Waals surface area (Å²) >= 11 is 2.67. The lowest BCUT2D eigenvalue weighted by Crippen LogP contribution is -2.22. The molecule has 0 aliphatic carbocycles. The number of thioether (sulfide) groups is 1. The van der Waals surface area contributed by atoms with Crippen LogP contribution in [0.15, 0.2) is 52.3 Å². The number of aromatic nitrogens is 2. The molecular formula is C19H18N2O2S2. The molecule has 3 rings (SSSR count). The number of hydrogen-bond acceptors (Lipinski definition) is 5. The lowest BCUT2D eigenvalue weighted by Gasteiger charge is -2.10. The summed E-state index contributed by atoms with van der Waals surface area (Å²) in [7, 11) is 0. The molecule has 0 bridgehead atoms. The average Bonchev–Trinajstić information content (AvgIpc) is 3.07. The summed E-state index contributed by atoms with van der Waals surface area (Å²) in [6.07, 6.45) is 1.66. The monoisotopic (exact) mass is 370 g/mol. The smallest absolute Gasteiger partial charge is 0.272 e. The van der Waals surface area contributed by atoms with Gasteiger partial charge in [0.2, 0.25) is 0 Å². The van der Waals surface area contributed by atoms with E-state index in [1.165, 1.54) is 23.1 Å². The Hall–Kier alpha value is -2.18. The van der Waals surface area contributed by atoms with Crippen LogP contribution in [0.4, 0.5) is 0 Å². The van der Waals surface area contributed by atoms with Gasteiger partial charge in [-0.1, -0.05) is 30.0 Å². The highest BCUT2D eigenvalue weighted by Crippen LogP contribution is 2.22. The molecule has 0 saturated heterocycles. The molecule has 0 saturated carbocycles. The minimum Gasteiger partial charge on any atom is -0.293 e. The van der Waals surface area contributed by atoms with Crippen molar-refractivity contribution in [2.45, 2.75) is 25.5 Å². The van der Waals surface area contributed by atoms with E-state index < -0.39 is 0 Å². The molecule has 0 spiro atoms. The Kier molecular flexibility index (Phi) is 5.20. The fourth-order valence-electron chi connectivity index (χ4n) is 2.45. The fourth-order valence-corrected chi connectivity index (χ4v) is 4.13. The van der Waals surface area contributed by atoms with Crippen molar-refractivity contribution < 1.29 is 4.79 Å². The van der Waals surface area contributed by atoms with Gasteiger partial charge < -0.3 is 0 Å². The molecule has 25 heavy (non-hydrogen) atoms. The lowest BCUT2D eigenvalue weighted by atomic mass is 10.0. The predicted octanol–water partition coefficient (Wildman–Crippen LogP) is 4.24. The number of rotatable bonds is 6. The molecule has 2 heterocycles. The summed E-state index contributed by atoms with van der Waals surface area (Å²) in [4.78, 5) is 29.6. The largest absolute Gasteiger partial charge is 0.293 e. The molecule has 0 amide bonds. The first-order valence-electron chi connectivity index (χ1n) is 7.83. The van der Waals surface area contributed by atoms with Crippen molar-refractivity contribution in [3.8, 4) is 0 Å². The van der Waals surface area contributed by atoms with Crippen LogP contribution in [0.25, 0.3) is 10.2 Å². The van der Waals surface area contributed by atoms with E-state index in [0.717, 1.165) is 11.1 Å². The number of allylic oxidation sites excluding steroid dienone is 1. The molecule has 0 fully saturated rings. The summed E-state index contributed by atoms with van der Waals surface area (Å²) in [5.41, 5.74) is 3.54. The Bertz CT molecular complexity index is 1020. The van der Waals surface area contributed by atoms with Gasteiger partial charge in [0.25, 0.3) is 5.56 Å². The number of carbonyl (C=O) groups is 1. The lowest BCUT2D eigenvalue weighted by molar-refractivity contribution is 0.102. The van der Waals surface area contributed by atoms with Crippen molar-refractivity contribution in [1.82, 2.24) is 9.55 Å². The van der Waals surface area contributed by atoms with Crippen LogP contribution < -0.4 is 5.56 Å². The number of fused-ring (bicyclic) bond motifs is 1. The number of nitrogens with zero attached hydrogens (tertiary/aromatic N) is 2. The van der Waals surface area contributed by atoms with Gasteiger partial charge in [0.1, 0.15) is 4.70 Å². The molecule has 0 unspecified atom stereocenters. The first-order chi connectivity index (χ1) is 12.0. The fraction of sp³-hybridized carbons (Fsp3) is 0.211. The second kappa shape index (κ2) is 7.37. The summed E-state index contributed by atoms with van der Waals surface area (Å²) < 4.78 is 2.20. The van der Waals surface area contributed by atoms with Gasteiger partial charge in [-0.15, -0.1) is 17.9 Å². The van der Waals surface area contributed by atoms with Gasteiger partial charge in [0.05, 0.1) is 11.3 Å². The highest BCUT2D eigenvalue weighted by molar-refractivity contribution is 7.99. The third-order valence-electron chi connectivity index (χ3n) is 4.00. The van der Waals surface area contributed by atoms with Crippen LogP contribution in [-0.4, -0.2) is 21.1 Å². The number of hydrogen-bond donors (Lipinski definition) is 0. The number of aryl methyl sites for hydroxylation is 2. The Morgan fingerprint density at radius 1 is 1.32 bits per heavy atom. The van der Waals surface area contributed by atoms with E-state index in [1.54, 1.807) is 10.6 Å². The second-order valence-electron chi connectivity index (χ2n) is 5.74. The van der Waals surface area contributed by atoms with Crippen molar-refractivity contribution in [2.24, 2.45) is 0 Å². The quantitative estimate of drug-likeness (QED) is 0.282. The van der Waals surface area contributed by atoms with Crippen LogP contribution in [0.3, 0.4) is 0 Å². The molecular weight excluding hydrogens is 352 g/mol. The molecule has 0 atom stereocenters. The Morgan fingerprint density at radius 2 is 2.12 bits per heavy atom. The molecule has 0 aliphatic rings. The van der Waals surface area contributed by atoms with Gasteiger partial charge in [0, 0.05) is 12.1 Å². The van der Waals surface area contributed by atoms with Crippen LogP contribution in [0, 0.1) is 13.8 Å². The molecule has 128 valence electrons. The average molecular weight is 370 g/mol. The zero-order valence-electron chi connectivity index (χ0n) is 14.1. The molecule has 3 aromatic rings. The van der Waals surface area contributed by atoms with Gasteiger partial charge in [-0.05, 0) is 42.5 Å². The van der Waals surface area contributed by atoms with Crippen LogP contribution in [-0.2, 0) is 6.54 Å². The van der Waals surface area contributed by atoms with E-state index >= 15 is 0 Å². The Balaban J connectivity index is 1.88. The van der Waals surface area contributed by atoms with Gasteiger partial charge in [-0.3, -0.25) is 14.2 Å². The number of thiophene rings is 1. The topological polar surface area (TPSA) is 52.0 Å². The molecule has 0 N–H and O–H groups in total. The van der Waals surface area contributed by atoms with E-state index in [2.05, 4.69) is 11.6 Å². The third-order valence-corrected chi connectivity index (χ3v) is 5.87. The minimum absolute atomic E-state index is 0.0258. The van der Waals surface area contributed by atoms with Crippen molar-refractivity contribution in [1.29, 1.82) is 0 Å². The predicted molar refractivity (Wildman–Crippen MR) is 105 cm³/mol. The summed E-state index contributed by atoms with van der Waals surface area (Å²) in [6, 6.07) is 7.54. The molecule has 2 aromatic heterocycles. The first kappa shape index (κ1) is 17.6. The van der Waals surface area contributed by atoms with Crippen molar-refractivity contribution >= 4 is 39.1 Å². The first-order valence-corrected chi connectivity index (χ1v) is 9.70. The third kappa shape index (κ3) is 3.60. The number of benzene rings is 1. The Labute approximate surface area is 154 Å². The standard InChI is InChI=1S/C19H18N2O2S2/c1-4-8-21-18(23)17-15(7-9-24-17)20-19(21)25-11-16(22)14-6-5-12(2)13(3)10-14/h4-7,9-10H,1,8,11H2,2-3H3. The number of ketones is 1. The summed E-state index contributed by atoms with van der Waals surface area (Å²) in [5, 5.41) is 2.40. The van der Waals surface area contributed by atoms with Gasteiger partial charge >= 0.3 is 0 Å². The van der Waals surface area contributed by atoms with Crippen LogP contribution in [0.5, 0.6) is 0 Å². The summed E-state index contributed by atoms with van der Waals surface area (Å²) in [6.45, 7) is 8.09. The van der Waals surface area contributed by atoms with E-state index in [1.807, 2.05) is 43.5 Å². The summed E-state index contributed by atoms with van der Waals surface area (Å²) in [5.74, 6) is 0.264. The molecule has 0 radical (unpaired) electrons. The van der Waals surface area contributed by atoms with E-state index in [0.29, 0.717) is 27.5 Å². The van der Waals surface area contributed by atoms with Gasteiger partial charge in [0.15, 0.2) is 10.9 Å². The maximum absolute atomic E-state index is 12.6. The molecule has 0 aliphatic heterocycles. The molecule has 4 nitrogen and oxygen atoms in total. The van der Waals surface area contributed by atoms with Crippen LogP contribution in [0.2, 0.25) is 0 Å². The highest BCUT2D eigenvalue weighted by Gasteiger charge is 2.14. The maximum Gasteiger partial charge on any atom is 0.272 e. The zero-order chi connectivity index (χ0) is 18.0. The SMILES string of the molecule is C=CCn1c(SCC(=O)c2ccc(C)c(C)c2)nc2ccsc2c1=O. The van der Waals surface area contributed by atoms with E-state index in [4.69, 9.17) is 0 Å². The van der Waals surface area contributed by atoms with Crippen molar-refractivity contribution in [3.63, 3.8) is 0 Å². The minimum atomic E-state index is -0.0824. The van der Waals surface area contributed by atoms with Gasteiger partial charge in [-0.25, -0.2) is 4.98 Å². The van der Waals surface area contributed by atoms with Crippen molar-refractivity contribution in [3.05, 3.63) is 69.3 Å². The van der Waals surface area contributed by atoms with E-state index in [-0.39, 0.29) is 17.1 Å². The zero-order valence-corrected chi connectivity index (χ0v) is 15.7. The molecule has 6 heteroatoms. The van der Waals surface area contributed by atoms with Crippen molar-refractivity contribution in [2.75, 3.05) is 5.75 Å². The molecule has 1 aromatic carbocycles. The Morgan fingerprint density at radius 3 is 2.84 bits per heavy atom. The van der Waals surface area contributed by atoms with Crippen LogP contribution in [0.1, 0.15) is 21.5 Å². The van der Waals surface area contributed by atoms with Crippen LogP contribution >= 0.6 is 23.1 Å².